The summed E-state index contributed by atoms with van der Waals surface area (Å²) in [7, 11) is 0. The van der Waals surface area contributed by atoms with Crippen LogP contribution in [0.1, 0.15) is 46.2 Å². The van der Waals surface area contributed by atoms with Crippen LogP contribution in [0.15, 0.2) is 36.4 Å². The summed E-state index contributed by atoms with van der Waals surface area (Å²) in [4.78, 5) is 12.1. The summed E-state index contributed by atoms with van der Waals surface area (Å²) < 4.78 is 48.5. The molecule has 1 amide bonds. The van der Waals surface area contributed by atoms with Crippen molar-refractivity contribution < 1.29 is 22.7 Å². The first kappa shape index (κ1) is 20.5. The Bertz CT molecular complexity index is 901. The Morgan fingerprint density at radius 2 is 1.79 bits per heavy atom. The number of halogens is 3. The Hall–Kier alpha value is -2.28. The quantitative estimate of drug-likeness (QED) is 0.797. The highest BCUT2D eigenvalue weighted by Crippen LogP contribution is 2.44. The molecule has 1 aliphatic heterocycles. The fraction of sp³-hybridized carbons (Fsp3) is 0.476. The zero-order chi connectivity index (χ0) is 20.9. The number of carbonyl (C=O) groups excluding carboxylic acids is 1. The molecule has 0 aromatic heterocycles. The van der Waals surface area contributed by atoms with E-state index in [9.17, 15) is 18.0 Å². The van der Waals surface area contributed by atoms with Gasteiger partial charge in [-0.15, -0.1) is 0 Å². The first-order chi connectivity index (χ1) is 12.8. The Kier molecular flexibility index (Phi) is 4.86. The van der Waals surface area contributed by atoms with Crippen LogP contribution >= 0.6 is 0 Å². The third-order valence-corrected chi connectivity index (χ3v) is 4.63. The molecule has 7 heteroatoms. The van der Waals surface area contributed by atoms with Gasteiger partial charge in [0.2, 0.25) is 5.91 Å². The van der Waals surface area contributed by atoms with Crippen LogP contribution in [-0.2, 0) is 4.79 Å². The van der Waals surface area contributed by atoms with E-state index in [4.69, 9.17) is 4.74 Å². The maximum Gasteiger partial charge on any atom is 0.409 e. The molecule has 152 valence electrons. The van der Waals surface area contributed by atoms with Crippen LogP contribution in [0.5, 0.6) is 5.75 Å². The highest BCUT2D eigenvalue weighted by Gasteiger charge is 2.51. The van der Waals surface area contributed by atoms with Gasteiger partial charge in [0.15, 0.2) is 6.04 Å². The first-order valence-electron chi connectivity index (χ1n) is 9.14. The molecule has 1 saturated heterocycles. The SMILES string of the molecule is CC(C)(C)Oc1cc(C(N2CC(C)(C)C(=O)N2)C(F)(F)F)c2ccccc2c1. The zero-order valence-corrected chi connectivity index (χ0v) is 16.6. The Morgan fingerprint density at radius 3 is 2.32 bits per heavy atom. The van der Waals surface area contributed by atoms with E-state index in [1.165, 1.54) is 6.07 Å². The van der Waals surface area contributed by atoms with E-state index >= 15 is 0 Å². The topological polar surface area (TPSA) is 41.6 Å². The molecule has 2 aromatic rings. The molecule has 0 aliphatic carbocycles. The zero-order valence-electron chi connectivity index (χ0n) is 16.6. The standard InChI is InChI=1S/C21H25F3N2O2/c1-19(2,3)28-14-10-13-8-6-7-9-15(13)16(11-14)17(21(22,23)24)26-12-20(4,5)18(27)25-26/h6-11,17H,12H2,1-5H3,(H,25,27). The molecule has 1 fully saturated rings. The number of hydrazine groups is 1. The predicted molar refractivity (Wildman–Crippen MR) is 102 cm³/mol. The maximum absolute atomic E-state index is 14.2. The molecule has 3 rings (SSSR count). The van der Waals surface area contributed by atoms with Crippen LogP contribution < -0.4 is 10.2 Å². The number of hydrogen-bond donors (Lipinski definition) is 1. The fourth-order valence-electron chi connectivity index (χ4n) is 3.45. The summed E-state index contributed by atoms with van der Waals surface area (Å²) in [6.07, 6.45) is -4.59. The van der Waals surface area contributed by atoms with Crippen LogP contribution in [0.4, 0.5) is 13.2 Å². The summed E-state index contributed by atoms with van der Waals surface area (Å²) in [6, 6.07) is 8.09. The number of benzene rings is 2. The Balaban J connectivity index is 2.18. The maximum atomic E-state index is 14.2. The van der Waals surface area contributed by atoms with Crippen LogP contribution in [0.25, 0.3) is 10.8 Å². The van der Waals surface area contributed by atoms with Crippen molar-refractivity contribution in [3.8, 4) is 5.75 Å². The van der Waals surface area contributed by atoms with E-state index in [1.807, 2.05) is 20.8 Å². The van der Waals surface area contributed by atoms with Crippen LogP contribution in [-0.4, -0.2) is 29.2 Å². The lowest BCUT2D eigenvalue weighted by Crippen LogP contribution is -2.43. The van der Waals surface area contributed by atoms with Crippen molar-refractivity contribution in [2.75, 3.05) is 6.54 Å². The highest BCUT2D eigenvalue weighted by atomic mass is 19.4. The number of amides is 1. The monoisotopic (exact) mass is 394 g/mol. The summed E-state index contributed by atoms with van der Waals surface area (Å²) in [5, 5.41) is 2.12. The minimum atomic E-state index is -4.59. The molecule has 0 bridgehead atoms. The summed E-state index contributed by atoms with van der Waals surface area (Å²) >= 11 is 0. The molecule has 0 spiro atoms. The highest BCUT2D eigenvalue weighted by molar-refractivity contribution is 5.88. The van der Waals surface area contributed by atoms with Crippen molar-refractivity contribution >= 4 is 16.7 Å². The lowest BCUT2D eigenvalue weighted by molar-refractivity contribution is -0.191. The van der Waals surface area contributed by atoms with Crippen LogP contribution in [0.3, 0.4) is 0 Å². The second-order valence-electron chi connectivity index (χ2n) is 8.84. The van der Waals surface area contributed by atoms with Crippen molar-refractivity contribution in [2.24, 2.45) is 5.41 Å². The summed E-state index contributed by atoms with van der Waals surface area (Å²) in [5.74, 6) is -0.0617. The number of rotatable bonds is 3. The van der Waals surface area contributed by atoms with Gasteiger partial charge in [-0.25, -0.2) is 5.01 Å². The molecule has 0 saturated carbocycles. The van der Waals surface area contributed by atoms with Gasteiger partial charge in [0, 0.05) is 6.54 Å². The Morgan fingerprint density at radius 1 is 1.14 bits per heavy atom. The average molecular weight is 394 g/mol. The molecule has 1 aliphatic rings. The van der Waals surface area contributed by atoms with Crippen molar-refractivity contribution in [3.63, 3.8) is 0 Å². The molecule has 1 atom stereocenters. The van der Waals surface area contributed by atoms with Crippen molar-refractivity contribution in [1.82, 2.24) is 10.4 Å². The molecule has 2 aromatic carbocycles. The Labute approximate surface area is 162 Å². The second kappa shape index (κ2) is 6.65. The van der Waals surface area contributed by atoms with E-state index in [0.717, 1.165) is 5.01 Å². The van der Waals surface area contributed by atoms with Gasteiger partial charge in [-0.1, -0.05) is 24.3 Å². The van der Waals surface area contributed by atoms with Crippen molar-refractivity contribution in [1.29, 1.82) is 0 Å². The number of ether oxygens (including phenoxy) is 1. The number of alkyl halides is 3. The van der Waals surface area contributed by atoms with Crippen molar-refractivity contribution in [3.05, 3.63) is 42.0 Å². The van der Waals surface area contributed by atoms with E-state index in [1.54, 1.807) is 44.2 Å². The molecule has 4 nitrogen and oxygen atoms in total. The van der Waals surface area contributed by atoms with E-state index < -0.39 is 29.1 Å². The van der Waals surface area contributed by atoms with Crippen LogP contribution in [0, 0.1) is 5.41 Å². The lowest BCUT2D eigenvalue weighted by atomic mass is 9.93. The van der Waals surface area contributed by atoms with Gasteiger partial charge in [0.05, 0.1) is 5.41 Å². The normalized spacial score (nSPS) is 18.9. The van der Waals surface area contributed by atoms with Gasteiger partial charge in [-0.2, -0.15) is 13.2 Å². The number of carbonyl (C=O) groups is 1. The fourth-order valence-corrected chi connectivity index (χ4v) is 3.45. The summed E-state index contributed by atoms with van der Waals surface area (Å²) in [6.45, 7) is 8.74. The molecule has 28 heavy (non-hydrogen) atoms. The largest absolute Gasteiger partial charge is 0.488 e. The van der Waals surface area contributed by atoms with Gasteiger partial charge >= 0.3 is 6.18 Å². The number of nitrogens with zero attached hydrogens (tertiary/aromatic N) is 1. The van der Waals surface area contributed by atoms with E-state index in [0.29, 0.717) is 16.5 Å². The van der Waals surface area contributed by atoms with Crippen LogP contribution in [0.2, 0.25) is 0 Å². The van der Waals surface area contributed by atoms with Crippen molar-refractivity contribution in [2.45, 2.75) is 52.4 Å². The second-order valence-corrected chi connectivity index (χ2v) is 8.84. The van der Waals surface area contributed by atoms with E-state index in [-0.39, 0.29) is 12.1 Å². The minimum absolute atomic E-state index is 0.0469. The number of hydrogen-bond acceptors (Lipinski definition) is 3. The molecule has 1 N–H and O–H groups in total. The van der Waals surface area contributed by atoms with Gasteiger partial charge in [-0.3, -0.25) is 10.2 Å². The van der Waals surface area contributed by atoms with Gasteiger partial charge in [-0.05, 0) is 63.1 Å². The number of fused-ring (bicyclic) bond motifs is 1. The summed E-state index contributed by atoms with van der Waals surface area (Å²) in [5.41, 5.74) is 1.01. The van der Waals surface area contributed by atoms with Gasteiger partial charge in [0.1, 0.15) is 11.4 Å². The van der Waals surface area contributed by atoms with Gasteiger partial charge in [0.25, 0.3) is 0 Å². The number of nitrogens with one attached hydrogen (secondary N) is 1. The average Bonchev–Trinajstić information content (AvgIpc) is 2.77. The molecular weight excluding hydrogens is 369 g/mol. The van der Waals surface area contributed by atoms with Gasteiger partial charge < -0.3 is 4.74 Å². The van der Waals surface area contributed by atoms with E-state index in [2.05, 4.69) is 5.43 Å². The molecule has 0 radical (unpaired) electrons. The lowest BCUT2D eigenvalue weighted by Gasteiger charge is -2.31. The molecular formula is C21H25F3N2O2. The third-order valence-electron chi connectivity index (χ3n) is 4.63. The third kappa shape index (κ3) is 4.09. The first-order valence-corrected chi connectivity index (χ1v) is 9.14. The minimum Gasteiger partial charge on any atom is -0.488 e. The molecule has 1 unspecified atom stereocenters. The predicted octanol–water partition coefficient (Wildman–Crippen LogP) is 4.99. The smallest absolute Gasteiger partial charge is 0.409 e. The molecule has 1 heterocycles.